The fourth-order valence-electron chi connectivity index (χ4n) is 4.03. The van der Waals surface area contributed by atoms with E-state index in [0.29, 0.717) is 6.42 Å². The van der Waals surface area contributed by atoms with Gasteiger partial charge in [-0.25, -0.2) is 0 Å². The molecule has 1 heterocycles. The van der Waals surface area contributed by atoms with Gasteiger partial charge in [0.25, 0.3) is 0 Å². The van der Waals surface area contributed by atoms with E-state index in [1.807, 2.05) is 65.8 Å². The molecule has 0 bridgehead atoms. The number of ketones is 2. The number of allylic oxidation sites excluding steroid dienone is 3. The van der Waals surface area contributed by atoms with Crippen LogP contribution in [0.5, 0.6) is 11.5 Å². The van der Waals surface area contributed by atoms with Crippen molar-refractivity contribution in [2.45, 2.75) is 78.9 Å². The van der Waals surface area contributed by atoms with E-state index in [-0.39, 0.29) is 23.9 Å². The predicted molar refractivity (Wildman–Crippen MR) is 133 cm³/mol. The Kier molecular flexibility index (Phi) is 9.24. The summed E-state index contributed by atoms with van der Waals surface area (Å²) in [4.78, 5) is 24.7. The van der Waals surface area contributed by atoms with Crippen molar-refractivity contribution in [3.63, 3.8) is 0 Å². The second kappa shape index (κ2) is 11.5. The van der Waals surface area contributed by atoms with E-state index in [9.17, 15) is 14.7 Å². The number of ether oxygens (including phenoxy) is 2. The maximum atomic E-state index is 12.7. The van der Waals surface area contributed by atoms with Crippen LogP contribution >= 0.6 is 0 Å². The lowest BCUT2D eigenvalue weighted by atomic mass is 9.91. The summed E-state index contributed by atoms with van der Waals surface area (Å²) in [6, 6.07) is 3.85. The van der Waals surface area contributed by atoms with Gasteiger partial charge in [0.2, 0.25) is 0 Å². The van der Waals surface area contributed by atoms with Crippen molar-refractivity contribution in [3.05, 3.63) is 52.6 Å². The number of aliphatic hydroxyl groups excluding tert-OH is 1. The Hall–Kier alpha value is -2.66. The van der Waals surface area contributed by atoms with Crippen LogP contribution in [0.3, 0.4) is 0 Å². The first-order chi connectivity index (χ1) is 15.4. The smallest absolute Gasteiger partial charge is 0.184 e. The number of fused-ring (bicyclic) bond motifs is 1. The Morgan fingerprint density at radius 2 is 1.91 bits per heavy atom. The molecule has 1 aromatic rings. The van der Waals surface area contributed by atoms with Gasteiger partial charge in [-0.1, -0.05) is 24.1 Å². The molecule has 180 valence electrons. The van der Waals surface area contributed by atoms with E-state index in [0.717, 1.165) is 46.6 Å². The fourth-order valence-corrected chi connectivity index (χ4v) is 4.03. The third-order valence-electron chi connectivity index (χ3n) is 5.89. The van der Waals surface area contributed by atoms with Gasteiger partial charge in [-0.05, 0) is 95.7 Å². The third kappa shape index (κ3) is 7.71. The number of benzene rings is 1. The molecule has 0 spiro atoms. The Labute approximate surface area is 198 Å². The standard InChI is InChI=1S/C28H38O5/c1-18(2)13-25(30)26(31)20(4)10-8-9-19(3)14-23(29)17-28(6)12-11-22-16-24(32-7)15-21(5)27(22)33-28/h11-16,20,26,31H,8-10,17H2,1-7H3/b19-14+/t20-,26+,28+/m0/s1. The number of aliphatic hydroxyl groups is 1. The summed E-state index contributed by atoms with van der Waals surface area (Å²) in [6.07, 6.45) is 8.63. The third-order valence-corrected chi connectivity index (χ3v) is 5.89. The minimum absolute atomic E-state index is 0.0149. The molecule has 33 heavy (non-hydrogen) atoms. The topological polar surface area (TPSA) is 72.8 Å². The van der Waals surface area contributed by atoms with Gasteiger partial charge >= 0.3 is 0 Å². The van der Waals surface area contributed by atoms with Crippen LogP contribution in [0.15, 0.2) is 41.5 Å². The molecule has 0 fully saturated rings. The van der Waals surface area contributed by atoms with Crippen LogP contribution in [0.4, 0.5) is 0 Å². The molecule has 5 nitrogen and oxygen atoms in total. The highest BCUT2D eigenvalue weighted by Gasteiger charge is 2.31. The van der Waals surface area contributed by atoms with Crippen LogP contribution in [0.2, 0.25) is 0 Å². The Morgan fingerprint density at radius 1 is 1.21 bits per heavy atom. The van der Waals surface area contributed by atoms with Crippen LogP contribution < -0.4 is 9.47 Å². The average molecular weight is 455 g/mol. The summed E-state index contributed by atoms with van der Waals surface area (Å²) in [7, 11) is 1.64. The Balaban J connectivity index is 1.90. The summed E-state index contributed by atoms with van der Waals surface area (Å²) in [6.45, 7) is 11.4. The lowest BCUT2D eigenvalue weighted by Gasteiger charge is -2.32. The van der Waals surface area contributed by atoms with Crippen LogP contribution in [0.1, 0.15) is 71.4 Å². The molecule has 0 aliphatic carbocycles. The molecule has 0 saturated carbocycles. The summed E-state index contributed by atoms with van der Waals surface area (Å²) < 4.78 is 11.6. The van der Waals surface area contributed by atoms with Crippen molar-refractivity contribution in [1.29, 1.82) is 0 Å². The highest BCUT2D eigenvalue weighted by atomic mass is 16.5. The zero-order valence-corrected chi connectivity index (χ0v) is 21.0. The fraction of sp³-hybridized carbons (Fsp3) is 0.500. The molecule has 1 aliphatic rings. The number of carbonyl (C=O) groups excluding carboxylic acids is 2. The van der Waals surface area contributed by atoms with Crippen molar-refractivity contribution in [3.8, 4) is 11.5 Å². The minimum atomic E-state index is -0.979. The Morgan fingerprint density at radius 3 is 2.55 bits per heavy atom. The molecule has 5 heteroatoms. The zero-order chi connectivity index (χ0) is 24.8. The second-order valence-electron chi connectivity index (χ2n) is 9.68. The summed E-state index contributed by atoms with van der Waals surface area (Å²) in [5, 5.41) is 10.2. The number of rotatable bonds is 11. The second-order valence-corrected chi connectivity index (χ2v) is 9.68. The molecule has 1 N–H and O–H groups in total. The predicted octanol–water partition coefficient (Wildman–Crippen LogP) is 5.78. The molecule has 0 aromatic heterocycles. The largest absolute Gasteiger partial charge is 0.497 e. The average Bonchev–Trinajstić information content (AvgIpc) is 2.72. The maximum Gasteiger partial charge on any atom is 0.184 e. The van der Waals surface area contributed by atoms with E-state index in [1.165, 1.54) is 6.08 Å². The van der Waals surface area contributed by atoms with E-state index in [1.54, 1.807) is 13.2 Å². The van der Waals surface area contributed by atoms with Gasteiger partial charge < -0.3 is 14.6 Å². The molecular formula is C28H38O5. The van der Waals surface area contributed by atoms with Gasteiger partial charge in [0.15, 0.2) is 11.6 Å². The van der Waals surface area contributed by atoms with E-state index >= 15 is 0 Å². The molecular weight excluding hydrogens is 416 g/mol. The minimum Gasteiger partial charge on any atom is -0.497 e. The number of hydrogen-bond acceptors (Lipinski definition) is 5. The van der Waals surface area contributed by atoms with Gasteiger partial charge in [-0.2, -0.15) is 0 Å². The van der Waals surface area contributed by atoms with Gasteiger partial charge in [0.1, 0.15) is 23.2 Å². The van der Waals surface area contributed by atoms with Gasteiger partial charge in [0.05, 0.1) is 13.5 Å². The molecule has 1 aromatic carbocycles. The maximum absolute atomic E-state index is 12.7. The van der Waals surface area contributed by atoms with Crippen LogP contribution in [-0.4, -0.2) is 35.5 Å². The molecule has 2 rings (SSSR count). The molecule has 0 amide bonds. The van der Waals surface area contributed by atoms with Crippen molar-refractivity contribution >= 4 is 17.6 Å². The number of carbonyl (C=O) groups is 2. The van der Waals surface area contributed by atoms with E-state index in [4.69, 9.17) is 9.47 Å². The number of methoxy groups -OCH3 is 1. The van der Waals surface area contributed by atoms with Crippen LogP contribution in [0, 0.1) is 12.8 Å². The number of aryl methyl sites for hydroxylation is 1. The van der Waals surface area contributed by atoms with Crippen LogP contribution in [-0.2, 0) is 9.59 Å². The highest BCUT2D eigenvalue weighted by Crippen LogP contribution is 2.38. The molecule has 3 atom stereocenters. The summed E-state index contributed by atoms with van der Waals surface area (Å²) in [5.41, 5.74) is 3.08. The lowest BCUT2D eigenvalue weighted by Crippen LogP contribution is -2.34. The molecule has 0 unspecified atom stereocenters. The van der Waals surface area contributed by atoms with Crippen molar-refractivity contribution < 1.29 is 24.2 Å². The summed E-state index contributed by atoms with van der Waals surface area (Å²) >= 11 is 0. The molecule has 0 saturated heterocycles. The molecule has 1 aliphatic heterocycles. The normalized spacial score (nSPS) is 19.2. The lowest BCUT2D eigenvalue weighted by molar-refractivity contribution is -0.124. The highest BCUT2D eigenvalue weighted by molar-refractivity contribution is 5.94. The first-order valence-electron chi connectivity index (χ1n) is 11.6. The zero-order valence-electron chi connectivity index (χ0n) is 21.0. The van der Waals surface area contributed by atoms with Crippen molar-refractivity contribution in [1.82, 2.24) is 0 Å². The van der Waals surface area contributed by atoms with Gasteiger partial charge in [-0.3, -0.25) is 9.59 Å². The first kappa shape index (κ1) is 26.6. The van der Waals surface area contributed by atoms with Crippen molar-refractivity contribution in [2.75, 3.05) is 7.11 Å². The van der Waals surface area contributed by atoms with Gasteiger partial charge in [0, 0.05) is 5.56 Å². The Bertz CT molecular complexity index is 965. The van der Waals surface area contributed by atoms with Crippen molar-refractivity contribution in [2.24, 2.45) is 5.92 Å². The van der Waals surface area contributed by atoms with Crippen LogP contribution in [0.25, 0.3) is 6.08 Å². The molecule has 0 radical (unpaired) electrons. The first-order valence-corrected chi connectivity index (χ1v) is 11.6. The summed E-state index contributed by atoms with van der Waals surface area (Å²) in [5.74, 6) is 1.21. The van der Waals surface area contributed by atoms with E-state index in [2.05, 4.69) is 0 Å². The SMILES string of the molecule is COc1cc(C)c2c(c1)C=C[C@](C)(CC(=O)/C=C(\C)CCC[C@H](C)[C@@H](O)C(=O)C=C(C)C)O2. The van der Waals surface area contributed by atoms with E-state index < -0.39 is 11.7 Å². The number of hydrogen-bond donors (Lipinski definition) is 1. The monoisotopic (exact) mass is 454 g/mol. The quantitative estimate of drug-likeness (QED) is 0.429. The van der Waals surface area contributed by atoms with Gasteiger partial charge in [-0.15, -0.1) is 0 Å².